The van der Waals surface area contributed by atoms with Gasteiger partial charge in [-0.2, -0.15) is 0 Å². The molecule has 3 rings (SSSR count). The number of unbranched alkanes of at least 4 members (excludes halogenated alkanes) is 17. The first-order chi connectivity index (χ1) is 30.9. The molecule has 0 N–H and O–H groups in total. The van der Waals surface area contributed by atoms with Gasteiger partial charge in [0.05, 0.1) is 0 Å². The molecule has 2 aromatic rings. The summed E-state index contributed by atoms with van der Waals surface area (Å²) < 4.78 is 11.2. The molecular weight excluding hydrogens is 815 g/mol. The van der Waals surface area contributed by atoms with Crippen molar-refractivity contribution in [3.05, 3.63) is 86.0 Å². The fourth-order valence-electron chi connectivity index (χ4n) is 9.23. The number of allylic oxidation sites excluding steroid dienone is 2. The predicted molar refractivity (Wildman–Crippen MR) is 272 cm³/mol. The van der Waals surface area contributed by atoms with Crippen molar-refractivity contribution in [1.29, 1.82) is 0 Å². The van der Waals surface area contributed by atoms with Crippen LogP contribution in [0.15, 0.2) is 35.9 Å². The van der Waals surface area contributed by atoms with Gasteiger partial charge in [0.15, 0.2) is 0 Å². The molecule has 0 radical (unpaired) electrons. The second-order valence-corrected chi connectivity index (χ2v) is 19.1. The third kappa shape index (κ3) is 21.9. The molecule has 5 heteroatoms. The molecule has 0 saturated carbocycles. The van der Waals surface area contributed by atoms with Crippen molar-refractivity contribution in [2.45, 2.75) is 261 Å². The fraction of sp³-hybridized carbons (Fsp3) is 0.724. The first-order valence-electron chi connectivity index (χ1n) is 27.0. The van der Waals surface area contributed by atoms with Crippen molar-refractivity contribution in [2.75, 3.05) is 13.2 Å². The molecule has 4 nitrogen and oxygen atoms in total. The zero-order valence-electron chi connectivity index (χ0n) is 42.7. The van der Waals surface area contributed by atoms with E-state index in [1.807, 2.05) is 13.8 Å². The van der Waals surface area contributed by atoms with Gasteiger partial charge >= 0.3 is 49.9 Å². The summed E-state index contributed by atoms with van der Waals surface area (Å²) in [7, 11) is 0. The molecule has 362 valence electrons. The van der Waals surface area contributed by atoms with Crippen LogP contribution in [0.2, 0.25) is 0 Å². The van der Waals surface area contributed by atoms with E-state index in [2.05, 4.69) is 78.8 Å². The van der Waals surface area contributed by atoms with E-state index in [9.17, 15) is 5.53 Å². The zero-order valence-corrected chi connectivity index (χ0v) is 43.7. The van der Waals surface area contributed by atoms with Crippen LogP contribution in [-0.2, 0) is 61.4 Å². The molecule has 0 bridgehead atoms. The summed E-state index contributed by atoms with van der Waals surface area (Å²) in [4.78, 5) is 0. The van der Waals surface area contributed by atoms with E-state index in [0.717, 1.165) is 58.6 Å². The average Bonchev–Trinajstić information content (AvgIpc) is 3.62. The van der Waals surface area contributed by atoms with Gasteiger partial charge in [-0.15, -0.1) is 0 Å². The molecule has 1 aliphatic heterocycles. The van der Waals surface area contributed by atoms with Crippen molar-refractivity contribution >= 4 is 11.4 Å². The van der Waals surface area contributed by atoms with Crippen LogP contribution in [0, 0.1) is 0 Å². The Balaban J connectivity index is 0.00000179. The van der Waals surface area contributed by atoms with Gasteiger partial charge in [0.1, 0.15) is 0 Å². The number of benzene rings is 2. The molecule has 0 unspecified atom stereocenters. The molecule has 1 heterocycles. The maximum absolute atomic E-state index is 12.6. The Hall–Kier alpha value is -2.07. The Kier molecular flexibility index (Phi) is 33.6. The van der Waals surface area contributed by atoms with Gasteiger partial charge in [-0.1, -0.05) is 158 Å². The quantitative estimate of drug-likeness (QED) is 0.0385. The molecule has 1 aliphatic rings. The second kappa shape index (κ2) is 37.1. The van der Waals surface area contributed by atoms with E-state index in [1.54, 1.807) is 38.1 Å². The molecular formula is C58H98N2NiO2. The SMILES string of the molecule is CCCCCCCCC1=C(c2cc(CCCCC)c(CCCCC)c(CCCCC)c2)[N+](=[N-])C(c2cc(CCCCC)c(CCCCC)c(CCCCC)c2)=C1.CC[O][Ni][O]CC. The van der Waals surface area contributed by atoms with E-state index in [0.29, 0.717) is 13.2 Å². The molecule has 0 amide bonds. The topological polar surface area (TPSA) is 43.8 Å². The van der Waals surface area contributed by atoms with Crippen LogP contribution in [0.5, 0.6) is 0 Å². The van der Waals surface area contributed by atoms with Gasteiger partial charge in [-0.3, -0.25) is 0 Å². The van der Waals surface area contributed by atoms with E-state index in [-0.39, 0.29) is 0 Å². The Bertz CT molecular complexity index is 1510. The molecule has 2 aromatic carbocycles. The number of rotatable bonds is 37. The van der Waals surface area contributed by atoms with Crippen molar-refractivity contribution in [2.24, 2.45) is 0 Å². The van der Waals surface area contributed by atoms with E-state index in [1.165, 1.54) is 184 Å². The van der Waals surface area contributed by atoms with E-state index >= 15 is 0 Å². The molecule has 0 saturated heterocycles. The van der Waals surface area contributed by atoms with Crippen LogP contribution in [0.1, 0.15) is 267 Å². The van der Waals surface area contributed by atoms with E-state index in [4.69, 9.17) is 7.76 Å². The fourth-order valence-corrected chi connectivity index (χ4v) is 9.55. The van der Waals surface area contributed by atoms with Crippen LogP contribution in [0.4, 0.5) is 0 Å². The van der Waals surface area contributed by atoms with Gasteiger partial charge in [0, 0.05) is 22.8 Å². The normalized spacial score (nSPS) is 12.7. The average molecular weight is 914 g/mol. The molecule has 0 atom stereocenters. The van der Waals surface area contributed by atoms with Crippen molar-refractivity contribution in [3.8, 4) is 0 Å². The Morgan fingerprint density at radius 1 is 0.397 bits per heavy atom. The zero-order chi connectivity index (χ0) is 45.9. The predicted octanol–water partition coefficient (Wildman–Crippen LogP) is 18.6. The minimum atomic E-state index is 0.708. The molecule has 0 aliphatic carbocycles. The Labute approximate surface area is 397 Å². The summed E-state index contributed by atoms with van der Waals surface area (Å²) in [6, 6.07) is 10.1. The van der Waals surface area contributed by atoms with Crippen molar-refractivity contribution in [3.63, 3.8) is 0 Å². The maximum atomic E-state index is 12.6. The van der Waals surface area contributed by atoms with Crippen LogP contribution in [0.3, 0.4) is 0 Å². The van der Waals surface area contributed by atoms with Crippen LogP contribution in [0.25, 0.3) is 16.9 Å². The molecule has 63 heavy (non-hydrogen) atoms. The second-order valence-electron chi connectivity index (χ2n) is 18.3. The summed E-state index contributed by atoms with van der Waals surface area (Å²) in [6.07, 6.45) is 40.9. The monoisotopic (exact) mass is 913 g/mol. The van der Waals surface area contributed by atoms with Crippen LogP contribution >= 0.6 is 0 Å². The van der Waals surface area contributed by atoms with E-state index < -0.39 is 0 Å². The van der Waals surface area contributed by atoms with Gasteiger partial charge in [-0.25, -0.2) is 4.70 Å². The third-order valence-corrected chi connectivity index (χ3v) is 13.6. The minimum absolute atomic E-state index is 0.708. The van der Waals surface area contributed by atoms with Crippen LogP contribution in [-0.4, -0.2) is 17.9 Å². The van der Waals surface area contributed by atoms with Crippen LogP contribution < -0.4 is 0 Å². The summed E-state index contributed by atoms with van der Waals surface area (Å²) in [5.74, 6) is 0. The summed E-state index contributed by atoms with van der Waals surface area (Å²) >= 11 is 0.899. The standard InChI is InChI=1S/C54H88N2.2C2H5O.Ni/c1-8-15-22-23-24-31-36-48-43-53(49-39-44(32-25-16-9-2)51(37-29-20-13-6)45(40-49)33-26-17-10-3)56(55)54(48)50-41-46(34-27-18-11-4)52(38-30-21-14-7)47(42-50)35-28-19-12-5;2*1-2-3;/h39-43H,8-38H2,1-7H3;2*2H2,1H3;/q;2*-1;+2. The van der Waals surface area contributed by atoms with Gasteiger partial charge in [0.25, 0.3) is 0 Å². The van der Waals surface area contributed by atoms with Gasteiger partial charge < -0.3 is 5.53 Å². The summed E-state index contributed by atoms with van der Waals surface area (Å²) in [5, 5.41) is 0. The summed E-state index contributed by atoms with van der Waals surface area (Å²) in [5.41, 5.74) is 28.0. The number of hydrogen-bond acceptors (Lipinski definition) is 2. The Morgan fingerprint density at radius 2 is 0.714 bits per heavy atom. The van der Waals surface area contributed by atoms with Crippen molar-refractivity contribution in [1.82, 2.24) is 0 Å². The Morgan fingerprint density at radius 3 is 1.10 bits per heavy atom. The molecule has 0 spiro atoms. The van der Waals surface area contributed by atoms with Crippen molar-refractivity contribution < 1.29 is 27.5 Å². The molecule has 0 fully saturated rings. The first-order valence-corrected chi connectivity index (χ1v) is 27.8. The van der Waals surface area contributed by atoms with Gasteiger partial charge in [0.2, 0.25) is 11.4 Å². The number of nitrogens with zero attached hydrogens (tertiary/aromatic N) is 2. The number of hydrogen-bond donors (Lipinski definition) is 0. The van der Waals surface area contributed by atoms with Gasteiger partial charge in [-0.05, 0) is 148 Å². The third-order valence-electron chi connectivity index (χ3n) is 12.8. The first kappa shape index (κ1) is 57.1. The molecule has 0 aromatic heterocycles. The summed E-state index contributed by atoms with van der Waals surface area (Å²) in [6.45, 7) is 21.5. The number of aryl methyl sites for hydroxylation is 4.